The van der Waals surface area contributed by atoms with Gasteiger partial charge in [-0.05, 0) is 26.0 Å². The molecule has 0 bridgehead atoms. The molecule has 0 unspecified atom stereocenters. The lowest BCUT2D eigenvalue weighted by atomic mass is 10.1. The van der Waals surface area contributed by atoms with Crippen LogP contribution in [-0.2, 0) is 18.9 Å². The zero-order valence-electron chi connectivity index (χ0n) is 11.6. The minimum atomic E-state index is -0.666. The van der Waals surface area contributed by atoms with E-state index in [1.165, 1.54) is 0 Å². The highest BCUT2D eigenvalue weighted by Gasteiger charge is 2.49. The second-order valence-corrected chi connectivity index (χ2v) is 5.49. The summed E-state index contributed by atoms with van der Waals surface area (Å²) in [7, 11) is 0. The van der Waals surface area contributed by atoms with Gasteiger partial charge in [-0.25, -0.2) is 4.79 Å². The fourth-order valence-corrected chi connectivity index (χ4v) is 2.58. The van der Waals surface area contributed by atoms with E-state index in [1.54, 1.807) is 24.3 Å². The topological polar surface area (TPSA) is 54.0 Å². The lowest BCUT2D eigenvalue weighted by Crippen LogP contribution is -2.48. The number of hydrogen-bond acceptors (Lipinski definition) is 5. The first-order valence-electron chi connectivity index (χ1n) is 6.74. The van der Waals surface area contributed by atoms with Gasteiger partial charge in [0.2, 0.25) is 0 Å². The first kappa shape index (κ1) is 13.5. The molecule has 0 N–H and O–H groups in total. The summed E-state index contributed by atoms with van der Waals surface area (Å²) >= 11 is 0. The molecule has 2 heterocycles. The van der Waals surface area contributed by atoms with Crippen LogP contribution < -0.4 is 0 Å². The Balaban J connectivity index is 1.69. The Labute approximate surface area is 117 Å². The quantitative estimate of drug-likeness (QED) is 0.772. The van der Waals surface area contributed by atoms with Gasteiger partial charge >= 0.3 is 5.97 Å². The zero-order valence-corrected chi connectivity index (χ0v) is 11.6. The molecule has 2 aliphatic rings. The molecule has 1 aromatic carbocycles. The molecule has 2 fully saturated rings. The highest BCUT2D eigenvalue weighted by atomic mass is 16.8. The standard InChI is InChI=1S/C15H18O5/c1-15(2)19-12-9-17-8-11(13(12)20-15)18-14(16)10-6-4-3-5-7-10/h3-7,11-13H,8-9H2,1-2H3/t11-,12-,13+/m0/s1. The van der Waals surface area contributed by atoms with Crippen molar-refractivity contribution in [3.63, 3.8) is 0 Å². The highest BCUT2D eigenvalue weighted by Crippen LogP contribution is 2.33. The van der Waals surface area contributed by atoms with Gasteiger partial charge in [0.25, 0.3) is 0 Å². The van der Waals surface area contributed by atoms with E-state index in [1.807, 2.05) is 19.9 Å². The van der Waals surface area contributed by atoms with Gasteiger partial charge in [0.15, 0.2) is 11.9 Å². The average Bonchev–Trinajstić information content (AvgIpc) is 2.75. The van der Waals surface area contributed by atoms with Gasteiger partial charge in [0.1, 0.15) is 12.2 Å². The number of carbonyl (C=O) groups is 1. The van der Waals surface area contributed by atoms with Crippen LogP contribution in [0.25, 0.3) is 0 Å². The smallest absolute Gasteiger partial charge is 0.338 e. The molecule has 0 saturated carbocycles. The molecule has 5 nitrogen and oxygen atoms in total. The van der Waals surface area contributed by atoms with Crippen molar-refractivity contribution in [3.05, 3.63) is 35.9 Å². The van der Waals surface area contributed by atoms with Crippen LogP contribution in [0.2, 0.25) is 0 Å². The molecule has 108 valence electrons. The fraction of sp³-hybridized carbons (Fsp3) is 0.533. The Hall–Kier alpha value is -1.43. The van der Waals surface area contributed by atoms with Crippen LogP contribution in [-0.4, -0.2) is 43.3 Å². The summed E-state index contributed by atoms with van der Waals surface area (Å²) < 4.78 is 22.5. The number of ether oxygens (including phenoxy) is 4. The lowest BCUT2D eigenvalue weighted by Gasteiger charge is -2.30. The van der Waals surface area contributed by atoms with Crippen molar-refractivity contribution < 1.29 is 23.7 Å². The van der Waals surface area contributed by atoms with E-state index in [-0.39, 0.29) is 18.2 Å². The molecular weight excluding hydrogens is 260 g/mol. The predicted molar refractivity (Wildman–Crippen MR) is 70.3 cm³/mol. The Bertz CT molecular complexity index is 484. The van der Waals surface area contributed by atoms with E-state index in [4.69, 9.17) is 18.9 Å². The summed E-state index contributed by atoms with van der Waals surface area (Å²) in [5, 5.41) is 0. The summed E-state index contributed by atoms with van der Waals surface area (Å²) in [6.07, 6.45) is -0.901. The summed E-state index contributed by atoms with van der Waals surface area (Å²) in [4.78, 5) is 12.1. The van der Waals surface area contributed by atoms with Crippen LogP contribution in [0.5, 0.6) is 0 Å². The summed E-state index contributed by atoms with van der Waals surface area (Å²) in [6, 6.07) is 8.90. The fourth-order valence-electron chi connectivity index (χ4n) is 2.58. The molecule has 3 atom stereocenters. The van der Waals surface area contributed by atoms with Gasteiger partial charge < -0.3 is 18.9 Å². The average molecular weight is 278 g/mol. The van der Waals surface area contributed by atoms with Gasteiger partial charge in [0.05, 0.1) is 18.8 Å². The molecular formula is C15H18O5. The summed E-state index contributed by atoms with van der Waals surface area (Å²) in [5.41, 5.74) is 0.521. The van der Waals surface area contributed by atoms with Crippen LogP contribution in [0.3, 0.4) is 0 Å². The maximum atomic E-state index is 12.1. The Morgan fingerprint density at radius 2 is 1.95 bits per heavy atom. The molecule has 0 radical (unpaired) electrons. The maximum Gasteiger partial charge on any atom is 0.338 e. The molecule has 0 aliphatic carbocycles. The molecule has 0 spiro atoms. The third-order valence-electron chi connectivity index (χ3n) is 3.42. The van der Waals surface area contributed by atoms with Crippen LogP contribution in [0, 0.1) is 0 Å². The molecule has 20 heavy (non-hydrogen) atoms. The van der Waals surface area contributed by atoms with Crippen LogP contribution in [0.15, 0.2) is 30.3 Å². The number of carbonyl (C=O) groups excluding carboxylic acids is 1. The number of benzene rings is 1. The van der Waals surface area contributed by atoms with E-state index in [9.17, 15) is 4.79 Å². The van der Waals surface area contributed by atoms with E-state index < -0.39 is 11.9 Å². The van der Waals surface area contributed by atoms with Crippen molar-refractivity contribution in [2.24, 2.45) is 0 Å². The summed E-state index contributed by atoms with van der Waals surface area (Å²) in [5.74, 6) is -1.03. The van der Waals surface area contributed by atoms with E-state index in [2.05, 4.69) is 0 Å². The molecule has 0 aromatic heterocycles. The zero-order chi connectivity index (χ0) is 14.2. The molecule has 1 aromatic rings. The van der Waals surface area contributed by atoms with E-state index in [0.717, 1.165) is 0 Å². The maximum absolute atomic E-state index is 12.1. The van der Waals surface area contributed by atoms with Crippen molar-refractivity contribution in [2.75, 3.05) is 13.2 Å². The van der Waals surface area contributed by atoms with Crippen molar-refractivity contribution >= 4 is 5.97 Å². The molecule has 5 heteroatoms. The SMILES string of the molecule is CC1(C)O[C@@H]2[C@@H](OC(=O)c3ccccc3)COC[C@@H]2O1. The Kier molecular flexibility index (Phi) is 3.50. The molecule has 2 aliphatic heterocycles. The second-order valence-electron chi connectivity index (χ2n) is 5.49. The van der Waals surface area contributed by atoms with Crippen molar-refractivity contribution in [1.29, 1.82) is 0 Å². The van der Waals surface area contributed by atoms with Crippen LogP contribution in [0.1, 0.15) is 24.2 Å². The minimum Gasteiger partial charge on any atom is -0.453 e. The van der Waals surface area contributed by atoms with Gasteiger partial charge in [-0.2, -0.15) is 0 Å². The molecule has 3 rings (SSSR count). The number of hydrogen-bond donors (Lipinski definition) is 0. The number of fused-ring (bicyclic) bond motifs is 1. The first-order chi connectivity index (χ1) is 9.55. The van der Waals surface area contributed by atoms with Crippen molar-refractivity contribution in [1.82, 2.24) is 0 Å². The first-order valence-corrected chi connectivity index (χ1v) is 6.74. The number of rotatable bonds is 2. The third kappa shape index (κ3) is 2.70. The van der Waals surface area contributed by atoms with Crippen molar-refractivity contribution in [2.45, 2.75) is 37.9 Å². The van der Waals surface area contributed by atoms with Gasteiger partial charge in [-0.15, -0.1) is 0 Å². The highest BCUT2D eigenvalue weighted by molar-refractivity contribution is 5.89. The minimum absolute atomic E-state index is 0.188. The van der Waals surface area contributed by atoms with Crippen molar-refractivity contribution in [3.8, 4) is 0 Å². The monoisotopic (exact) mass is 278 g/mol. The normalized spacial score (nSPS) is 31.6. The Morgan fingerprint density at radius 1 is 1.20 bits per heavy atom. The van der Waals surface area contributed by atoms with Gasteiger partial charge in [-0.3, -0.25) is 0 Å². The largest absolute Gasteiger partial charge is 0.453 e. The lowest BCUT2D eigenvalue weighted by molar-refractivity contribution is -0.153. The van der Waals surface area contributed by atoms with E-state index in [0.29, 0.717) is 18.8 Å². The van der Waals surface area contributed by atoms with E-state index >= 15 is 0 Å². The third-order valence-corrected chi connectivity index (χ3v) is 3.42. The second kappa shape index (κ2) is 5.16. The van der Waals surface area contributed by atoms with Crippen LogP contribution in [0.4, 0.5) is 0 Å². The predicted octanol–water partition coefficient (Wildman–Crippen LogP) is 1.76. The molecule has 0 amide bonds. The van der Waals surface area contributed by atoms with Gasteiger partial charge in [-0.1, -0.05) is 18.2 Å². The van der Waals surface area contributed by atoms with Gasteiger partial charge in [0, 0.05) is 0 Å². The Morgan fingerprint density at radius 3 is 2.70 bits per heavy atom. The molecule has 2 saturated heterocycles. The summed E-state index contributed by atoms with van der Waals surface area (Å²) in [6.45, 7) is 4.50. The number of esters is 1. The van der Waals surface area contributed by atoms with Crippen LogP contribution >= 0.6 is 0 Å².